The van der Waals surface area contributed by atoms with E-state index in [1.165, 1.54) is 0 Å². The molecule has 0 radical (unpaired) electrons. The number of rotatable bonds is 4. The lowest BCUT2D eigenvalue weighted by molar-refractivity contribution is 0.112. The average Bonchev–Trinajstić information content (AvgIpc) is 3.44. The number of anilines is 2. The fraction of sp³-hybridized carbons (Fsp3) is 0. The first-order valence-electron chi connectivity index (χ1n) is 9.82. The predicted octanol–water partition coefficient (Wildman–Crippen LogP) is 5.21. The van der Waals surface area contributed by atoms with Crippen LogP contribution in [0.3, 0.4) is 0 Å². The van der Waals surface area contributed by atoms with Gasteiger partial charge in [-0.3, -0.25) is 9.89 Å². The first-order valence-corrected chi connectivity index (χ1v) is 9.82. The van der Waals surface area contributed by atoms with Crippen LogP contribution >= 0.6 is 0 Å². The summed E-state index contributed by atoms with van der Waals surface area (Å²) in [6, 6.07) is 21.6. The Morgan fingerprint density at radius 2 is 1.81 bits per heavy atom. The van der Waals surface area contributed by atoms with Crippen molar-refractivity contribution in [3.8, 4) is 11.4 Å². The van der Waals surface area contributed by atoms with Gasteiger partial charge in [0, 0.05) is 32.9 Å². The van der Waals surface area contributed by atoms with Crippen LogP contribution in [-0.4, -0.2) is 31.4 Å². The van der Waals surface area contributed by atoms with Gasteiger partial charge in [0.05, 0.1) is 22.9 Å². The molecule has 7 heteroatoms. The maximum atomic E-state index is 11.1. The van der Waals surface area contributed by atoms with E-state index in [-0.39, 0.29) is 0 Å². The van der Waals surface area contributed by atoms with E-state index in [1.54, 1.807) is 6.20 Å². The molecular weight excluding hydrogens is 388 g/mol. The standard InChI is InChI=1S/C24H16N6O/c31-13-18-9-14-5-6-15(11-22(14)26-18)23-28-21-4-2-1-3-19(21)24(29-23)27-17-7-8-20-16(10-17)12-25-30-20/h1-13,26H,(H,25,30)(H,27,28,29). The molecule has 31 heavy (non-hydrogen) atoms. The van der Waals surface area contributed by atoms with E-state index in [0.29, 0.717) is 11.5 Å². The fourth-order valence-electron chi connectivity index (χ4n) is 3.81. The monoisotopic (exact) mass is 404 g/mol. The second kappa shape index (κ2) is 6.77. The van der Waals surface area contributed by atoms with Gasteiger partial charge >= 0.3 is 0 Å². The van der Waals surface area contributed by atoms with Crippen molar-refractivity contribution in [3.63, 3.8) is 0 Å². The normalized spacial score (nSPS) is 11.4. The molecule has 6 rings (SSSR count). The Morgan fingerprint density at radius 3 is 2.74 bits per heavy atom. The highest BCUT2D eigenvalue weighted by atomic mass is 16.1. The molecule has 0 saturated heterocycles. The Bertz CT molecular complexity index is 1600. The summed E-state index contributed by atoms with van der Waals surface area (Å²) >= 11 is 0. The molecule has 6 aromatic rings. The molecule has 7 nitrogen and oxygen atoms in total. The van der Waals surface area contributed by atoms with E-state index in [0.717, 1.165) is 56.1 Å². The van der Waals surface area contributed by atoms with Crippen molar-refractivity contribution < 1.29 is 4.79 Å². The predicted molar refractivity (Wildman–Crippen MR) is 122 cm³/mol. The highest BCUT2D eigenvalue weighted by Crippen LogP contribution is 2.29. The van der Waals surface area contributed by atoms with Crippen molar-refractivity contribution in [2.75, 3.05) is 5.32 Å². The third-order valence-electron chi connectivity index (χ3n) is 5.33. The summed E-state index contributed by atoms with van der Waals surface area (Å²) in [6.45, 7) is 0. The van der Waals surface area contributed by atoms with Crippen molar-refractivity contribution >= 4 is 50.5 Å². The van der Waals surface area contributed by atoms with Crippen LogP contribution in [0.1, 0.15) is 10.5 Å². The van der Waals surface area contributed by atoms with E-state index in [4.69, 9.17) is 9.97 Å². The number of para-hydroxylation sites is 1. The summed E-state index contributed by atoms with van der Waals surface area (Å²) in [5, 5.41) is 13.4. The van der Waals surface area contributed by atoms with Gasteiger partial charge in [0.1, 0.15) is 5.82 Å². The molecule has 0 amide bonds. The molecule has 3 aromatic carbocycles. The maximum absolute atomic E-state index is 11.1. The van der Waals surface area contributed by atoms with Crippen LogP contribution in [0.2, 0.25) is 0 Å². The number of benzene rings is 3. The summed E-state index contributed by atoms with van der Waals surface area (Å²) in [5.74, 6) is 1.33. The maximum Gasteiger partial charge on any atom is 0.166 e. The molecule has 0 unspecified atom stereocenters. The smallest absolute Gasteiger partial charge is 0.166 e. The number of aromatic nitrogens is 5. The van der Waals surface area contributed by atoms with E-state index >= 15 is 0 Å². The quantitative estimate of drug-likeness (QED) is 0.350. The lowest BCUT2D eigenvalue weighted by Gasteiger charge is -2.11. The van der Waals surface area contributed by atoms with Gasteiger partial charge in [0.15, 0.2) is 12.1 Å². The molecule has 0 fully saturated rings. The fourth-order valence-corrected chi connectivity index (χ4v) is 3.81. The number of H-pyrrole nitrogens is 2. The summed E-state index contributed by atoms with van der Waals surface area (Å²) in [4.78, 5) is 23.8. The van der Waals surface area contributed by atoms with Gasteiger partial charge in [0.25, 0.3) is 0 Å². The third-order valence-corrected chi connectivity index (χ3v) is 5.33. The van der Waals surface area contributed by atoms with Gasteiger partial charge in [-0.15, -0.1) is 0 Å². The molecular formula is C24H16N6O. The van der Waals surface area contributed by atoms with Gasteiger partial charge in [0.2, 0.25) is 0 Å². The molecule has 3 N–H and O–H groups in total. The zero-order valence-electron chi connectivity index (χ0n) is 16.3. The summed E-state index contributed by atoms with van der Waals surface area (Å²) in [5.41, 5.74) is 5.03. The number of carbonyl (C=O) groups is 1. The zero-order chi connectivity index (χ0) is 20.8. The molecule has 3 aromatic heterocycles. The number of carbonyl (C=O) groups excluding carboxylic acids is 1. The van der Waals surface area contributed by atoms with Crippen LogP contribution in [0.15, 0.2) is 72.9 Å². The second-order valence-electron chi connectivity index (χ2n) is 7.35. The molecule has 0 atom stereocenters. The summed E-state index contributed by atoms with van der Waals surface area (Å²) in [6.07, 6.45) is 2.61. The molecule has 0 bridgehead atoms. The van der Waals surface area contributed by atoms with Gasteiger partial charge < -0.3 is 10.3 Å². The van der Waals surface area contributed by atoms with Crippen molar-refractivity contribution in [3.05, 3.63) is 78.6 Å². The van der Waals surface area contributed by atoms with Crippen molar-refractivity contribution in [2.24, 2.45) is 0 Å². The van der Waals surface area contributed by atoms with Crippen LogP contribution < -0.4 is 5.32 Å². The molecule has 0 aliphatic heterocycles. The Hall–Kier alpha value is -4.52. The Balaban J connectivity index is 1.48. The SMILES string of the molecule is O=Cc1cc2ccc(-c3nc(Nc4ccc5[nH]ncc5c4)c4ccccc4n3)cc2[nH]1. The number of nitrogens with one attached hydrogen (secondary N) is 3. The molecule has 148 valence electrons. The van der Waals surface area contributed by atoms with Crippen molar-refractivity contribution in [2.45, 2.75) is 0 Å². The topological polar surface area (TPSA) is 99.3 Å². The van der Waals surface area contributed by atoms with E-state index in [1.807, 2.05) is 66.7 Å². The molecule has 0 aliphatic carbocycles. The number of nitrogens with zero attached hydrogens (tertiary/aromatic N) is 3. The van der Waals surface area contributed by atoms with Gasteiger partial charge in [-0.1, -0.05) is 24.3 Å². The van der Waals surface area contributed by atoms with Crippen LogP contribution in [0.25, 0.3) is 44.1 Å². The minimum Gasteiger partial charge on any atom is -0.352 e. The lowest BCUT2D eigenvalue weighted by Crippen LogP contribution is -1.99. The molecule has 0 saturated carbocycles. The van der Waals surface area contributed by atoms with E-state index < -0.39 is 0 Å². The van der Waals surface area contributed by atoms with E-state index in [9.17, 15) is 4.79 Å². The van der Waals surface area contributed by atoms with Crippen LogP contribution in [0, 0.1) is 0 Å². The third kappa shape index (κ3) is 3.00. The first kappa shape index (κ1) is 17.3. The summed E-state index contributed by atoms with van der Waals surface area (Å²) in [7, 11) is 0. The Labute approximate surface area is 176 Å². The van der Waals surface area contributed by atoms with Gasteiger partial charge in [-0.2, -0.15) is 5.10 Å². The van der Waals surface area contributed by atoms with Crippen molar-refractivity contribution in [1.29, 1.82) is 0 Å². The second-order valence-corrected chi connectivity index (χ2v) is 7.35. The minimum absolute atomic E-state index is 0.545. The number of hydrogen-bond donors (Lipinski definition) is 3. The van der Waals surface area contributed by atoms with Crippen LogP contribution in [0.4, 0.5) is 11.5 Å². The Morgan fingerprint density at radius 1 is 0.871 bits per heavy atom. The van der Waals surface area contributed by atoms with E-state index in [2.05, 4.69) is 20.5 Å². The summed E-state index contributed by atoms with van der Waals surface area (Å²) < 4.78 is 0. The van der Waals surface area contributed by atoms with Gasteiger partial charge in [-0.05, 0) is 42.5 Å². The Kier molecular flexibility index (Phi) is 3.79. The number of fused-ring (bicyclic) bond motifs is 3. The highest BCUT2D eigenvalue weighted by Gasteiger charge is 2.11. The van der Waals surface area contributed by atoms with Crippen LogP contribution in [0.5, 0.6) is 0 Å². The number of aromatic amines is 2. The zero-order valence-corrected chi connectivity index (χ0v) is 16.3. The molecule has 3 heterocycles. The first-order chi connectivity index (χ1) is 15.3. The number of hydrogen-bond acceptors (Lipinski definition) is 5. The molecule has 0 aliphatic rings. The van der Waals surface area contributed by atoms with Gasteiger partial charge in [-0.25, -0.2) is 9.97 Å². The van der Waals surface area contributed by atoms with Crippen molar-refractivity contribution in [1.82, 2.24) is 25.1 Å². The molecule has 0 spiro atoms. The minimum atomic E-state index is 0.545. The highest BCUT2D eigenvalue weighted by molar-refractivity contribution is 5.94. The largest absolute Gasteiger partial charge is 0.352 e. The lowest BCUT2D eigenvalue weighted by atomic mass is 10.1. The van der Waals surface area contributed by atoms with Crippen LogP contribution in [-0.2, 0) is 0 Å². The number of aldehydes is 1. The average molecular weight is 404 g/mol.